The number of carbonyl (C=O) groups excluding carboxylic acids is 1. The van der Waals surface area contributed by atoms with Crippen molar-refractivity contribution in [3.63, 3.8) is 0 Å². The van der Waals surface area contributed by atoms with Gasteiger partial charge in [0.25, 0.3) is 0 Å². The summed E-state index contributed by atoms with van der Waals surface area (Å²) in [5, 5.41) is 12.2. The van der Waals surface area contributed by atoms with E-state index in [-0.39, 0.29) is 12.6 Å². The number of hydrogen-bond donors (Lipinski definition) is 2. The number of anilines is 2. The molecular weight excluding hydrogens is 302 g/mol. The first kappa shape index (κ1) is 17.1. The third-order valence-electron chi connectivity index (χ3n) is 5.43. The minimum Gasteiger partial charge on any atom is -0.396 e. The van der Waals surface area contributed by atoms with Crippen molar-refractivity contribution in [1.82, 2.24) is 4.90 Å². The second-order valence-corrected chi connectivity index (χ2v) is 7.26. The molecule has 0 aromatic heterocycles. The van der Waals surface area contributed by atoms with Crippen LogP contribution in [0, 0.1) is 11.8 Å². The molecule has 5 nitrogen and oxygen atoms in total. The van der Waals surface area contributed by atoms with E-state index in [9.17, 15) is 9.90 Å². The Kier molecular flexibility index (Phi) is 5.61. The Morgan fingerprint density at radius 1 is 1.08 bits per heavy atom. The summed E-state index contributed by atoms with van der Waals surface area (Å²) in [6, 6.07) is 8.15. The van der Waals surface area contributed by atoms with Gasteiger partial charge in [0.2, 0.25) is 0 Å². The number of likely N-dealkylation sites (tertiary alicyclic amines) is 1. The second-order valence-electron chi connectivity index (χ2n) is 7.26. The molecule has 0 atom stereocenters. The van der Waals surface area contributed by atoms with E-state index in [1.165, 1.54) is 18.5 Å². The van der Waals surface area contributed by atoms with Crippen LogP contribution in [0.25, 0.3) is 0 Å². The minimum atomic E-state index is -0.0362. The molecule has 5 heteroatoms. The lowest BCUT2D eigenvalue weighted by Gasteiger charge is -2.32. The average Bonchev–Trinajstić information content (AvgIpc) is 2.63. The average molecular weight is 331 g/mol. The number of urea groups is 1. The predicted octanol–water partition coefficient (Wildman–Crippen LogP) is 3.16. The summed E-state index contributed by atoms with van der Waals surface area (Å²) in [7, 11) is 0. The van der Waals surface area contributed by atoms with E-state index in [2.05, 4.69) is 29.3 Å². The summed E-state index contributed by atoms with van der Waals surface area (Å²) in [6.45, 7) is 6.23. The maximum atomic E-state index is 12.3. The van der Waals surface area contributed by atoms with Gasteiger partial charge in [0.05, 0.1) is 0 Å². The molecule has 0 saturated carbocycles. The summed E-state index contributed by atoms with van der Waals surface area (Å²) in [6.07, 6.45) is 4.27. The van der Waals surface area contributed by atoms with Crippen LogP contribution in [0.3, 0.4) is 0 Å². The van der Waals surface area contributed by atoms with E-state index in [1.807, 2.05) is 17.0 Å². The van der Waals surface area contributed by atoms with Crippen LogP contribution in [0.1, 0.15) is 32.6 Å². The van der Waals surface area contributed by atoms with Gasteiger partial charge >= 0.3 is 6.03 Å². The fourth-order valence-electron chi connectivity index (χ4n) is 3.54. The van der Waals surface area contributed by atoms with Crippen molar-refractivity contribution in [2.24, 2.45) is 11.8 Å². The minimum absolute atomic E-state index is 0.0362. The van der Waals surface area contributed by atoms with Crippen LogP contribution >= 0.6 is 0 Å². The normalized spacial score (nSPS) is 20.2. The van der Waals surface area contributed by atoms with Gasteiger partial charge in [-0.05, 0) is 61.8 Å². The zero-order valence-electron chi connectivity index (χ0n) is 14.6. The van der Waals surface area contributed by atoms with Gasteiger partial charge < -0.3 is 20.2 Å². The standard InChI is InChI=1S/C19H29N3O2/c1-15-6-10-21(11-7-15)18-4-2-17(3-5-18)20-19(24)22-12-8-16(14-23)9-13-22/h2-5,15-16,23H,6-14H2,1H3,(H,20,24). The lowest BCUT2D eigenvalue weighted by atomic mass is 9.98. The molecule has 0 unspecified atom stereocenters. The van der Waals surface area contributed by atoms with E-state index < -0.39 is 0 Å². The van der Waals surface area contributed by atoms with Crippen molar-refractivity contribution in [2.45, 2.75) is 32.6 Å². The number of piperidine rings is 2. The summed E-state index contributed by atoms with van der Waals surface area (Å²) in [4.78, 5) is 16.6. The highest BCUT2D eigenvalue weighted by Gasteiger charge is 2.22. The maximum absolute atomic E-state index is 12.3. The number of amides is 2. The first-order valence-electron chi connectivity index (χ1n) is 9.17. The fraction of sp³-hybridized carbons (Fsp3) is 0.632. The monoisotopic (exact) mass is 331 g/mol. The zero-order chi connectivity index (χ0) is 16.9. The Balaban J connectivity index is 1.51. The molecule has 0 spiro atoms. The highest BCUT2D eigenvalue weighted by atomic mass is 16.3. The molecule has 2 fully saturated rings. The Morgan fingerprint density at radius 3 is 2.29 bits per heavy atom. The quantitative estimate of drug-likeness (QED) is 0.894. The van der Waals surface area contributed by atoms with Crippen molar-refractivity contribution >= 4 is 17.4 Å². The Bertz CT molecular complexity index is 530. The van der Waals surface area contributed by atoms with Crippen molar-refractivity contribution in [3.8, 4) is 0 Å². The molecule has 24 heavy (non-hydrogen) atoms. The van der Waals surface area contributed by atoms with E-state index in [0.717, 1.165) is 50.6 Å². The molecule has 2 aliphatic rings. The first-order chi connectivity index (χ1) is 11.7. The van der Waals surface area contributed by atoms with Gasteiger partial charge in [0, 0.05) is 44.2 Å². The van der Waals surface area contributed by atoms with Gasteiger partial charge in [0.1, 0.15) is 0 Å². The van der Waals surface area contributed by atoms with Crippen LogP contribution in [0.5, 0.6) is 0 Å². The van der Waals surface area contributed by atoms with Crippen LogP contribution < -0.4 is 10.2 Å². The Hall–Kier alpha value is -1.75. The molecule has 2 amide bonds. The predicted molar refractivity (Wildman–Crippen MR) is 97.5 cm³/mol. The highest BCUT2D eigenvalue weighted by molar-refractivity contribution is 5.89. The molecule has 1 aromatic rings. The van der Waals surface area contributed by atoms with Gasteiger partial charge in [-0.3, -0.25) is 0 Å². The topological polar surface area (TPSA) is 55.8 Å². The van der Waals surface area contributed by atoms with Crippen LogP contribution in [0.4, 0.5) is 16.2 Å². The maximum Gasteiger partial charge on any atom is 0.321 e. The van der Waals surface area contributed by atoms with Gasteiger partial charge in [-0.2, -0.15) is 0 Å². The molecule has 1 aromatic carbocycles. The van der Waals surface area contributed by atoms with E-state index in [0.29, 0.717) is 5.92 Å². The molecule has 0 aliphatic carbocycles. The number of nitrogens with zero attached hydrogens (tertiary/aromatic N) is 2. The summed E-state index contributed by atoms with van der Waals surface area (Å²) < 4.78 is 0. The van der Waals surface area contributed by atoms with Crippen LogP contribution in [-0.4, -0.2) is 48.8 Å². The lowest BCUT2D eigenvalue weighted by molar-refractivity contribution is 0.143. The number of hydrogen-bond acceptors (Lipinski definition) is 3. The molecule has 2 N–H and O–H groups in total. The fourth-order valence-corrected chi connectivity index (χ4v) is 3.54. The van der Waals surface area contributed by atoms with Gasteiger partial charge in [-0.25, -0.2) is 4.79 Å². The van der Waals surface area contributed by atoms with Crippen LogP contribution in [0.15, 0.2) is 24.3 Å². The Labute approximate surface area is 144 Å². The summed E-state index contributed by atoms with van der Waals surface area (Å²) in [5.41, 5.74) is 2.09. The molecule has 2 aliphatic heterocycles. The van der Waals surface area contributed by atoms with E-state index >= 15 is 0 Å². The van der Waals surface area contributed by atoms with E-state index in [4.69, 9.17) is 0 Å². The number of benzene rings is 1. The number of aliphatic hydroxyl groups is 1. The molecule has 2 heterocycles. The summed E-state index contributed by atoms with van der Waals surface area (Å²) in [5.74, 6) is 1.18. The van der Waals surface area contributed by atoms with Crippen molar-refractivity contribution < 1.29 is 9.90 Å². The molecule has 0 radical (unpaired) electrons. The molecule has 3 rings (SSSR count). The zero-order valence-corrected chi connectivity index (χ0v) is 14.6. The van der Waals surface area contributed by atoms with Gasteiger partial charge in [0.15, 0.2) is 0 Å². The van der Waals surface area contributed by atoms with E-state index in [1.54, 1.807) is 0 Å². The van der Waals surface area contributed by atoms with Crippen molar-refractivity contribution in [2.75, 3.05) is 43.0 Å². The summed E-state index contributed by atoms with van der Waals surface area (Å²) >= 11 is 0. The highest BCUT2D eigenvalue weighted by Crippen LogP contribution is 2.24. The third-order valence-corrected chi connectivity index (χ3v) is 5.43. The Morgan fingerprint density at radius 2 is 1.71 bits per heavy atom. The smallest absolute Gasteiger partial charge is 0.321 e. The van der Waals surface area contributed by atoms with Crippen LogP contribution in [-0.2, 0) is 0 Å². The number of nitrogens with one attached hydrogen (secondary N) is 1. The lowest BCUT2D eigenvalue weighted by Crippen LogP contribution is -2.41. The number of carbonyl (C=O) groups is 1. The van der Waals surface area contributed by atoms with Gasteiger partial charge in [-0.1, -0.05) is 6.92 Å². The second kappa shape index (κ2) is 7.88. The van der Waals surface area contributed by atoms with Crippen molar-refractivity contribution in [3.05, 3.63) is 24.3 Å². The number of aliphatic hydroxyl groups excluding tert-OH is 1. The van der Waals surface area contributed by atoms with Gasteiger partial charge in [-0.15, -0.1) is 0 Å². The third kappa shape index (κ3) is 4.20. The molecule has 0 bridgehead atoms. The largest absolute Gasteiger partial charge is 0.396 e. The molecule has 2 saturated heterocycles. The first-order valence-corrected chi connectivity index (χ1v) is 9.17. The SMILES string of the molecule is CC1CCN(c2ccc(NC(=O)N3CCC(CO)CC3)cc2)CC1. The van der Waals surface area contributed by atoms with Crippen molar-refractivity contribution in [1.29, 1.82) is 0 Å². The molecular formula is C19H29N3O2. The van der Waals surface area contributed by atoms with Crippen LogP contribution in [0.2, 0.25) is 0 Å². The number of rotatable bonds is 3. The molecule has 132 valence electrons.